The molecule has 0 bridgehead atoms. The molecule has 1 heterocycles. The molecule has 8 heteroatoms. The molecule has 2 aromatic carbocycles. The van der Waals surface area contributed by atoms with Gasteiger partial charge in [-0.2, -0.15) is 13.2 Å². The summed E-state index contributed by atoms with van der Waals surface area (Å²) in [7, 11) is 1.53. The Kier molecular flexibility index (Phi) is 7.56. The van der Waals surface area contributed by atoms with E-state index in [9.17, 15) is 18.0 Å². The van der Waals surface area contributed by atoms with Crippen LogP contribution in [0.2, 0.25) is 0 Å². The summed E-state index contributed by atoms with van der Waals surface area (Å²) in [6.07, 6.45) is 1.45. The number of cyclic esters (lactones) is 1. The first-order valence-corrected chi connectivity index (χ1v) is 10.3. The molecule has 0 unspecified atom stereocenters. The maximum Gasteiger partial charge on any atom is 0.416 e. The highest BCUT2D eigenvalue weighted by atomic mass is 19.4. The Labute approximate surface area is 184 Å². The molecule has 1 aliphatic heterocycles. The summed E-state index contributed by atoms with van der Waals surface area (Å²) < 4.78 is 54.5. The van der Waals surface area contributed by atoms with Gasteiger partial charge in [-0.05, 0) is 54.5 Å². The summed E-state index contributed by atoms with van der Waals surface area (Å²) in [4.78, 5) is 16.3. The summed E-state index contributed by atoms with van der Waals surface area (Å²) >= 11 is 0. The lowest BCUT2D eigenvalue weighted by atomic mass is 10.1. The van der Waals surface area contributed by atoms with Crippen molar-refractivity contribution in [2.45, 2.75) is 38.8 Å². The number of benzene rings is 2. The minimum Gasteiger partial charge on any atom is -0.493 e. The van der Waals surface area contributed by atoms with E-state index in [-0.39, 0.29) is 17.2 Å². The van der Waals surface area contributed by atoms with Gasteiger partial charge in [-0.1, -0.05) is 32.3 Å². The first kappa shape index (κ1) is 23.4. The van der Waals surface area contributed by atoms with Gasteiger partial charge in [0.2, 0.25) is 5.90 Å². The van der Waals surface area contributed by atoms with E-state index in [0.717, 1.165) is 37.8 Å². The van der Waals surface area contributed by atoms with Gasteiger partial charge in [0, 0.05) is 5.56 Å². The molecule has 0 radical (unpaired) electrons. The molecule has 0 saturated heterocycles. The maximum atomic E-state index is 12.7. The van der Waals surface area contributed by atoms with Crippen LogP contribution >= 0.6 is 0 Å². The topological polar surface area (TPSA) is 57.1 Å². The molecular weight excluding hydrogens is 423 g/mol. The lowest BCUT2D eigenvalue weighted by molar-refractivity contribution is -0.137. The van der Waals surface area contributed by atoms with E-state index in [4.69, 9.17) is 14.2 Å². The number of aliphatic imine (C=N–C) groups is 1. The predicted octanol–water partition coefficient (Wildman–Crippen LogP) is 6.02. The molecular formula is C24H24F3NO4. The van der Waals surface area contributed by atoms with Crippen LogP contribution in [-0.4, -0.2) is 25.6 Å². The van der Waals surface area contributed by atoms with Crippen LogP contribution in [0.5, 0.6) is 11.5 Å². The molecule has 0 amide bonds. The molecule has 0 spiro atoms. The SMILES string of the molecule is CCCCCCOc1ccc(C=C2N=C(c3ccc(C(F)(F)F)cc3)OC2=O)cc1OC. The Morgan fingerprint density at radius 3 is 2.44 bits per heavy atom. The van der Waals surface area contributed by atoms with Crippen molar-refractivity contribution in [2.75, 3.05) is 13.7 Å². The van der Waals surface area contributed by atoms with Gasteiger partial charge in [-0.25, -0.2) is 9.79 Å². The minimum absolute atomic E-state index is 0.0372. The van der Waals surface area contributed by atoms with E-state index < -0.39 is 17.7 Å². The van der Waals surface area contributed by atoms with Crippen molar-refractivity contribution in [1.29, 1.82) is 0 Å². The number of rotatable bonds is 9. The van der Waals surface area contributed by atoms with E-state index in [1.807, 2.05) is 0 Å². The summed E-state index contributed by atoms with van der Waals surface area (Å²) in [6, 6.07) is 9.49. The van der Waals surface area contributed by atoms with Crippen molar-refractivity contribution < 1.29 is 32.2 Å². The second-order valence-electron chi connectivity index (χ2n) is 7.23. The molecule has 3 rings (SSSR count). The van der Waals surface area contributed by atoms with Crippen molar-refractivity contribution in [3.63, 3.8) is 0 Å². The third kappa shape index (κ3) is 5.90. The smallest absolute Gasteiger partial charge is 0.416 e. The average molecular weight is 447 g/mol. The van der Waals surface area contributed by atoms with Crippen LogP contribution in [0, 0.1) is 0 Å². The largest absolute Gasteiger partial charge is 0.493 e. The number of unbranched alkanes of at least 4 members (excludes halogenated alkanes) is 3. The lowest BCUT2D eigenvalue weighted by Gasteiger charge is -2.11. The molecule has 5 nitrogen and oxygen atoms in total. The van der Waals surface area contributed by atoms with Crippen molar-refractivity contribution in [1.82, 2.24) is 0 Å². The van der Waals surface area contributed by atoms with Crippen molar-refractivity contribution in [3.05, 3.63) is 64.9 Å². The molecule has 170 valence electrons. The Morgan fingerprint density at radius 1 is 1.03 bits per heavy atom. The first-order valence-electron chi connectivity index (χ1n) is 10.3. The van der Waals surface area contributed by atoms with E-state index in [2.05, 4.69) is 11.9 Å². The quantitative estimate of drug-likeness (QED) is 0.268. The molecule has 1 aliphatic rings. The highest BCUT2D eigenvalue weighted by molar-refractivity contribution is 6.12. The molecule has 0 aromatic heterocycles. The molecule has 0 N–H and O–H groups in total. The number of methoxy groups -OCH3 is 1. The van der Waals surface area contributed by atoms with Crippen LogP contribution in [0.1, 0.15) is 49.3 Å². The van der Waals surface area contributed by atoms with Gasteiger partial charge in [-0.15, -0.1) is 0 Å². The van der Waals surface area contributed by atoms with Gasteiger partial charge in [0.05, 0.1) is 19.3 Å². The number of hydrogen-bond donors (Lipinski definition) is 0. The van der Waals surface area contributed by atoms with Crippen LogP contribution in [-0.2, 0) is 15.7 Å². The molecule has 0 atom stereocenters. The zero-order valence-electron chi connectivity index (χ0n) is 17.9. The molecule has 0 saturated carbocycles. The van der Waals surface area contributed by atoms with Crippen LogP contribution in [0.25, 0.3) is 6.08 Å². The number of nitrogens with zero attached hydrogens (tertiary/aromatic N) is 1. The fourth-order valence-electron chi connectivity index (χ4n) is 3.10. The van der Waals surface area contributed by atoms with Crippen molar-refractivity contribution in [2.24, 2.45) is 4.99 Å². The Balaban J connectivity index is 1.74. The average Bonchev–Trinajstić information content (AvgIpc) is 3.14. The van der Waals surface area contributed by atoms with Gasteiger partial charge < -0.3 is 14.2 Å². The Hall–Kier alpha value is -3.29. The first-order chi connectivity index (χ1) is 15.3. The second kappa shape index (κ2) is 10.3. The summed E-state index contributed by atoms with van der Waals surface area (Å²) in [5.74, 6) is 0.395. The van der Waals surface area contributed by atoms with Gasteiger partial charge in [0.25, 0.3) is 0 Å². The fraction of sp³-hybridized carbons (Fsp3) is 0.333. The maximum absolute atomic E-state index is 12.7. The van der Waals surface area contributed by atoms with E-state index in [1.165, 1.54) is 25.3 Å². The third-order valence-corrected chi connectivity index (χ3v) is 4.83. The summed E-state index contributed by atoms with van der Waals surface area (Å²) in [5.41, 5.74) is 0.167. The number of hydrogen-bond acceptors (Lipinski definition) is 5. The molecule has 0 aliphatic carbocycles. The van der Waals surface area contributed by atoms with Crippen LogP contribution in [0.15, 0.2) is 53.2 Å². The second-order valence-corrected chi connectivity index (χ2v) is 7.23. The summed E-state index contributed by atoms with van der Waals surface area (Å²) in [6.45, 7) is 2.73. The van der Waals surface area contributed by atoms with E-state index in [0.29, 0.717) is 23.7 Å². The number of halogens is 3. The van der Waals surface area contributed by atoms with Crippen molar-refractivity contribution >= 4 is 17.9 Å². The summed E-state index contributed by atoms with van der Waals surface area (Å²) in [5, 5.41) is 0. The molecule has 0 fully saturated rings. The zero-order valence-corrected chi connectivity index (χ0v) is 17.9. The number of ether oxygens (including phenoxy) is 3. The Morgan fingerprint density at radius 2 is 1.78 bits per heavy atom. The van der Waals surface area contributed by atoms with Gasteiger partial charge >= 0.3 is 12.1 Å². The van der Waals surface area contributed by atoms with E-state index in [1.54, 1.807) is 18.2 Å². The number of esters is 1. The van der Waals surface area contributed by atoms with Gasteiger partial charge in [0.15, 0.2) is 17.2 Å². The van der Waals surface area contributed by atoms with E-state index >= 15 is 0 Å². The van der Waals surface area contributed by atoms with Crippen LogP contribution in [0.4, 0.5) is 13.2 Å². The number of carbonyl (C=O) groups excluding carboxylic acids is 1. The predicted molar refractivity (Wildman–Crippen MR) is 115 cm³/mol. The van der Waals surface area contributed by atoms with Gasteiger partial charge in [-0.3, -0.25) is 0 Å². The number of alkyl halides is 3. The Bertz CT molecular complexity index is 1010. The van der Waals surface area contributed by atoms with Crippen LogP contribution < -0.4 is 9.47 Å². The highest BCUT2D eigenvalue weighted by Gasteiger charge is 2.31. The third-order valence-electron chi connectivity index (χ3n) is 4.83. The number of carbonyl (C=O) groups is 1. The lowest BCUT2D eigenvalue weighted by Crippen LogP contribution is -2.08. The fourth-order valence-corrected chi connectivity index (χ4v) is 3.10. The standard InChI is InChI=1S/C24H24F3NO4/c1-3-4-5-6-13-31-20-12-7-16(15-21(20)30-2)14-19-23(29)32-22(28-19)17-8-10-18(11-9-17)24(25,26)27/h7-12,14-15H,3-6,13H2,1-2H3. The zero-order chi connectivity index (χ0) is 23.1. The highest BCUT2D eigenvalue weighted by Crippen LogP contribution is 2.31. The minimum atomic E-state index is -4.44. The molecule has 2 aromatic rings. The van der Waals surface area contributed by atoms with Crippen LogP contribution in [0.3, 0.4) is 0 Å². The monoisotopic (exact) mass is 447 g/mol. The molecule has 32 heavy (non-hydrogen) atoms. The van der Waals surface area contributed by atoms with Gasteiger partial charge in [0.1, 0.15) is 0 Å². The van der Waals surface area contributed by atoms with Crippen molar-refractivity contribution in [3.8, 4) is 11.5 Å². The normalized spacial score (nSPS) is 15.0.